The number of carbonyl (C=O) groups excluding carboxylic acids is 2. The van der Waals surface area contributed by atoms with Crippen LogP contribution in [0.15, 0.2) is 35.8 Å². The molecule has 4 nitrogen and oxygen atoms in total. The molecule has 0 radical (unpaired) electrons. The van der Waals surface area contributed by atoms with Crippen molar-refractivity contribution < 1.29 is 9.59 Å². The highest BCUT2D eigenvalue weighted by Gasteiger charge is 2.15. The van der Waals surface area contributed by atoms with Gasteiger partial charge in [-0.15, -0.1) is 11.3 Å². The van der Waals surface area contributed by atoms with Crippen molar-refractivity contribution in [2.24, 2.45) is 0 Å². The Morgan fingerprint density at radius 3 is 2.28 bits per heavy atom. The van der Waals surface area contributed by atoms with Crippen molar-refractivity contribution in [1.29, 1.82) is 0 Å². The lowest BCUT2D eigenvalue weighted by Crippen LogP contribution is -2.26. The normalized spacial score (nSPS) is 10.1. The highest BCUT2D eigenvalue weighted by Crippen LogP contribution is 2.18. The predicted molar refractivity (Wildman–Crippen MR) is 71.3 cm³/mol. The van der Waals surface area contributed by atoms with E-state index >= 15 is 0 Å². The monoisotopic (exact) mass is 260 g/mol. The second-order valence-electron chi connectivity index (χ2n) is 3.81. The van der Waals surface area contributed by atoms with Crippen LogP contribution >= 0.6 is 11.3 Å². The predicted octanol–water partition coefficient (Wildman–Crippen LogP) is 2.62. The zero-order chi connectivity index (χ0) is 13.1. The molecule has 2 aromatic rings. The van der Waals surface area contributed by atoms with Crippen LogP contribution in [0.1, 0.15) is 27.6 Å². The van der Waals surface area contributed by atoms with Gasteiger partial charge >= 0.3 is 0 Å². The van der Waals surface area contributed by atoms with Gasteiger partial charge in [0.25, 0.3) is 5.91 Å². The summed E-state index contributed by atoms with van der Waals surface area (Å²) >= 11 is 1.40. The van der Waals surface area contributed by atoms with E-state index in [1.54, 1.807) is 37.5 Å². The molecule has 18 heavy (non-hydrogen) atoms. The second-order valence-corrected chi connectivity index (χ2v) is 4.69. The largest absolute Gasteiger partial charge is 0.295 e. The molecule has 1 aromatic heterocycles. The molecule has 0 bridgehead atoms. The molecule has 0 spiro atoms. The van der Waals surface area contributed by atoms with E-state index in [0.717, 1.165) is 0 Å². The van der Waals surface area contributed by atoms with Crippen molar-refractivity contribution in [3.05, 3.63) is 47.0 Å². The van der Waals surface area contributed by atoms with Crippen LogP contribution in [0.2, 0.25) is 0 Å². The number of ketones is 1. The number of amides is 1. The highest BCUT2D eigenvalue weighted by atomic mass is 32.1. The Bertz CT molecular complexity index is 561. The fraction of sp³-hybridized carbons (Fsp3) is 0.154. The Hall–Kier alpha value is -2.01. The van der Waals surface area contributed by atoms with Gasteiger partial charge in [0, 0.05) is 29.8 Å². The summed E-state index contributed by atoms with van der Waals surface area (Å²) in [4.78, 5) is 28.8. The van der Waals surface area contributed by atoms with Gasteiger partial charge < -0.3 is 0 Å². The molecular weight excluding hydrogens is 248 g/mol. The SMILES string of the molecule is CC(=O)c1ccc(C(=O)N(C)c2nccs2)cc1. The van der Waals surface area contributed by atoms with Gasteiger partial charge in [-0.1, -0.05) is 12.1 Å². The first-order chi connectivity index (χ1) is 8.59. The van der Waals surface area contributed by atoms with Crippen molar-refractivity contribution >= 4 is 28.2 Å². The Morgan fingerprint density at radius 1 is 1.17 bits per heavy atom. The standard InChI is InChI=1S/C13H12N2O2S/c1-9(16)10-3-5-11(6-4-10)12(17)15(2)13-14-7-8-18-13/h3-8H,1-2H3. The lowest BCUT2D eigenvalue weighted by atomic mass is 10.1. The Labute approximate surface area is 109 Å². The molecule has 0 aliphatic heterocycles. The number of benzene rings is 1. The van der Waals surface area contributed by atoms with E-state index < -0.39 is 0 Å². The molecule has 1 amide bonds. The summed E-state index contributed by atoms with van der Waals surface area (Å²) in [5, 5.41) is 2.47. The summed E-state index contributed by atoms with van der Waals surface area (Å²) in [7, 11) is 1.68. The average molecular weight is 260 g/mol. The summed E-state index contributed by atoms with van der Waals surface area (Å²) < 4.78 is 0. The maximum Gasteiger partial charge on any atom is 0.259 e. The van der Waals surface area contributed by atoms with Crippen LogP contribution in [-0.2, 0) is 0 Å². The van der Waals surface area contributed by atoms with Gasteiger partial charge in [-0.2, -0.15) is 0 Å². The van der Waals surface area contributed by atoms with Crippen molar-refractivity contribution in [3.8, 4) is 0 Å². The van der Waals surface area contributed by atoms with Crippen molar-refractivity contribution in [2.45, 2.75) is 6.92 Å². The number of Topliss-reactive ketones (excluding diaryl/α,β-unsaturated/α-hetero) is 1. The molecule has 1 aromatic carbocycles. The summed E-state index contributed by atoms with van der Waals surface area (Å²) in [6.07, 6.45) is 1.66. The first-order valence-corrected chi connectivity index (χ1v) is 6.26. The highest BCUT2D eigenvalue weighted by molar-refractivity contribution is 7.13. The van der Waals surface area contributed by atoms with Crippen LogP contribution in [0.3, 0.4) is 0 Å². The Balaban J connectivity index is 2.21. The van der Waals surface area contributed by atoms with Crippen molar-refractivity contribution in [2.75, 3.05) is 11.9 Å². The van der Waals surface area contributed by atoms with Gasteiger partial charge in [-0.3, -0.25) is 14.5 Å². The number of rotatable bonds is 3. The van der Waals surface area contributed by atoms with Gasteiger partial charge in [-0.05, 0) is 19.1 Å². The number of hydrogen-bond acceptors (Lipinski definition) is 4. The molecule has 2 rings (SSSR count). The molecule has 0 aliphatic carbocycles. The molecule has 0 aliphatic rings. The number of hydrogen-bond donors (Lipinski definition) is 0. The van der Waals surface area contributed by atoms with E-state index in [9.17, 15) is 9.59 Å². The maximum atomic E-state index is 12.1. The summed E-state index contributed by atoms with van der Waals surface area (Å²) in [5.74, 6) is -0.151. The van der Waals surface area contributed by atoms with Crippen LogP contribution < -0.4 is 4.90 Å². The number of thiazole rings is 1. The van der Waals surface area contributed by atoms with E-state index in [-0.39, 0.29) is 11.7 Å². The third-order valence-corrected chi connectivity index (χ3v) is 3.40. The molecule has 0 unspecified atom stereocenters. The lowest BCUT2D eigenvalue weighted by molar-refractivity contribution is 0.0987. The topological polar surface area (TPSA) is 50.3 Å². The van der Waals surface area contributed by atoms with E-state index in [4.69, 9.17) is 0 Å². The van der Waals surface area contributed by atoms with Gasteiger partial charge in [0.1, 0.15) is 0 Å². The average Bonchev–Trinajstić information content (AvgIpc) is 2.91. The maximum absolute atomic E-state index is 12.1. The first-order valence-electron chi connectivity index (χ1n) is 5.38. The second kappa shape index (κ2) is 5.10. The van der Waals surface area contributed by atoms with E-state index in [1.807, 2.05) is 5.38 Å². The minimum absolute atomic E-state index is 0.0118. The summed E-state index contributed by atoms with van der Waals surface area (Å²) in [6.45, 7) is 1.50. The van der Waals surface area contributed by atoms with Gasteiger partial charge in [-0.25, -0.2) is 4.98 Å². The first kappa shape index (κ1) is 12.4. The van der Waals surface area contributed by atoms with E-state index in [1.165, 1.54) is 23.2 Å². The molecular formula is C13H12N2O2S. The van der Waals surface area contributed by atoms with Crippen LogP contribution in [0.25, 0.3) is 0 Å². The van der Waals surface area contributed by atoms with Crippen LogP contribution in [0, 0.1) is 0 Å². The quantitative estimate of drug-likeness (QED) is 0.797. The molecule has 0 saturated carbocycles. The zero-order valence-corrected chi connectivity index (χ0v) is 10.9. The number of anilines is 1. The molecule has 0 fully saturated rings. The third-order valence-electron chi connectivity index (χ3n) is 2.55. The lowest BCUT2D eigenvalue weighted by Gasteiger charge is -2.13. The minimum Gasteiger partial charge on any atom is -0.295 e. The fourth-order valence-corrected chi connectivity index (χ4v) is 2.12. The van der Waals surface area contributed by atoms with Crippen LogP contribution in [0.5, 0.6) is 0 Å². The van der Waals surface area contributed by atoms with E-state index in [0.29, 0.717) is 16.3 Å². The molecule has 0 saturated heterocycles. The van der Waals surface area contributed by atoms with Crippen molar-refractivity contribution in [3.63, 3.8) is 0 Å². The number of nitrogens with zero attached hydrogens (tertiary/aromatic N) is 2. The number of carbonyl (C=O) groups is 2. The zero-order valence-electron chi connectivity index (χ0n) is 10.1. The minimum atomic E-state index is -0.139. The van der Waals surface area contributed by atoms with Crippen molar-refractivity contribution in [1.82, 2.24) is 4.98 Å². The molecule has 1 heterocycles. The molecule has 5 heteroatoms. The molecule has 92 valence electrons. The Morgan fingerprint density at radius 2 is 1.78 bits per heavy atom. The van der Waals surface area contributed by atoms with Crippen LogP contribution in [0.4, 0.5) is 5.13 Å². The third kappa shape index (κ3) is 2.46. The van der Waals surface area contributed by atoms with Gasteiger partial charge in [0.2, 0.25) is 0 Å². The van der Waals surface area contributed by atoms with E-state index in [2.05, 4.69) is 4.98 Å². The fourth-order valence-electron chi connectivity index (χ4n) is 1.51. The Kier molecular flexibility index (Phi) is 3.53. The van der Waals surface area contributed by atoms with Crippen LogP contribution in [-0.4, -0.2) is 23.7 Å². The smallest absolute Gasteiger partial charge is 0.259 e. The number of aromatic nitrogens is 1. The molecule has 0 N–H and O–H groups in total. The molecule has 0 atom stereocenters. The summed E-state index contributed by atoms with van der Waals surface area (Å²) in [6, 6.07) is 6.63. The summed E-state index contributed by atoms with van der Waals surface area (Å²) in [5.41, 5.74) is 1.14. The van der Waals surface area contributed by atoms with Gasteiger partial charge in [0.15, 0.2) is 10.9 Å². The van der Waals surface area contributed by atoms with Gasteiger partial charge in [0.05, 0.1) is 0 Å².